The van der Waals surface area contributed by atoms with Crippen LogP contribution in [0.1, 0.15) is 16.7 Å². The summed E-state index contributed by atoms with van der Waals surface area (Å²) in [5.41, 5.74) is 8.95. The molecule has 3 aromatic rings. The fraction of sp³-hybridized carbons (Fsp3) is 0.192. The van der Waals surface area contributed by atoms with Crippen molar-refractivity contribution in [1.82, 2.24) is 0 Å². The molecule has 37 heavy (non-hydrogen) atoms. The highest BCUT2D eigenvalue weighted by Gasteiger charge is 2.23. The molecule has 1 fully saturated rings. The van der Waals surface area contributed by atoms with Crippen LogP contribution in [0, 0.1) is 17.0 Å². The third-order valence-corrected chi connectivity index (χ3v) is 5.77. The van der Waals surface area contributed by atoms with Gasteiger partial charge in [-0.15, -0.1) is 0 Å². The molecule has 192 valence electrons. The summed E-state index contributed by atoms with van der Waals surface area (Å²) in [6.45, 7) is 2.19. The highest BCUT2D eigenvalue weighted by molar-refractivity contribution is 6.19. The van der Waals surface area contributed by atoms with E-state index in [2.05, 4.69) is 15.1 Å². The van der Waals surface area contributed by atoms with Gasteiger partial charge in [0.1, 0.15) is 17.2 Å². The molecule has 5 rings (SSSR count). The minimum absolute atomic E-state index is 0.293. The Bertz CT molecular complexity index is 1290. The molecule has 11 heteroatoms. The molecule has 0 bridgehead atoms. The van der Waals surface area contributed by atoms with E-state index in [-0.39, 0.29) is 5.91 Å². The van der Waals surface area contributed by atoms with Gasteiger partial charge in [0.2, 0.25) is 5.90 Å². The quantitative estimate of drug-likeness (QED) is 0.244. The molecule has 0 spiro atoms. The van der Waals surface area contributed by atoms with Crippen LogP contribution in [0.4, 0.5) is 20.2 Å². The Morgan fingerprint density at radius 2 is 1.68 bits per heavy atom. The maximum Gasteiger partial charge on any atom is 0.263 e. The highest BCUT2D eigenvalue weighted by Crippen LogP contribution is 2.24. The molecule has 1 amide bonds. The Kier molecular flexibility index (Phi) is 8.18. The van der Waals surface area contributed by atoms with Gasteiger partial charge in [-0.05, 0) is 18.2 Å². The van der Waals surface area contributed by atoms with Gasteiger partial charge in [-0.25, -0.2) is 8.78 Å². The second-order valence-electron chi connectivity index (χ2n) is 8.15. The SMILES string of the molecule is N=C(ON)c1c(F)cc(N2CCOCC2)cc1F.NC1N=C(c2ccccc2)c2ccccc2NC1=O. The molecule has 1 atom stereocenters. The van der Waals surface area contributed by atoms with Gasteiger partial charge in [-0.2, -0.15) is 5.90 Å². The van der Waals surface area contributed by atoms with Crippen LogP contribution in [0.15, 0.2) is 71.7 Å². The van der Waals surface area contributed by atoms with E-state index in [0.717, 1.165) is 34.7 Å². The summed E-state index contributed by atoms with van der Waals surface area (Å²) < 4.78 is 32.6. The summed E-state index contributed by atoms with van der Waals surface area (Å²) in [4.78, 5) is 22.0. The second kappa shape index (κ2) is 11.7. The first-order valence-corrected chi connectivity index (χ1v) is 11.5. The lowest BCUT2D eigenvalue weighted by atomic mass is 10.0. The first kappa shape index (κ1) is 25.9. The summed E-state index contributed by atoms with van der Waals surface area (Å²) >= 11 is 0. The summed E-state index contributed by atoms with van der Waals surface area (Å²) in [7, 11) is 0. The third kappa shape index (κ3) is 5.97. The standard InChI is InChI=1S/C15H13N3O.C11H13F2N3O2/c16-14-15(19)17-12-9-5-4-8-11(12)13(18-14)10-6-2-1-3-7-10;12-8-5-7(16-1-3-17-4-2-16)6-9(13)10(8)11(14)18-15/h1-9,14H,16H2,(H,17,19);5-6,14H,1-4,15H2. The zero-order chi connectivity index (χ0) is 26.4. The minimum atomic E-state index is -0.886. The van der Waals surface area contributed by atoms with Crippen LogP contribution in [0.2, 0.25) is 0 Å². The van der Waals surface area contributed by atoms with Crippen LogP contribution in [0.3, 0.4) is 0 Å². The third-order valence-electron chi connectivity index (χ3n) is 5.77. The van der Waals surface area contributed by atoms with Crippen molar-refractivity contribution in [2.45, 2.75) is 6.17 Å². The van der Waals surface area contributed by atoms with Crippen LogP contribution in [0.25, 0.3) is 0 Å². The lowest BCUT2D eigenvalue weighted by Crippen LogP contribution is -2.36. The molecule has 0 aromatic heterocycles. The second-order valence-corrected chi connectivity index (χ2v) is 8.15. The van der Waals surface area contributed by atoms with E-state index in [9.17, 15) is 13.6 Å². The van der Waals surface area contributed by atoms with Gasteiger partial charge in [0.15, 0.2) is 6.17 Å². The molecule has 2 aliphatic rings. The van der Waals surface area contributed by atoms with E-state index in [1.54, 1.807) is 0 Å². The van der Waals surface area contributed by atoms with Crippen LogP contribution in [-0.4, -0.2) is 50.0 Å². The van der Waals surface area contributed by atoms with Gasteiger partial charge in [-0.3, -0.25) is 15.2 Å². The van der Waals surface area contributed by atoms with Gasteiger partial charge in [0, 0.05) is 29.9 Å². The molecular weight excluding hydrogens is 482 g/mol. The van der Waals surface area contributed by atoms with Crippen LogP contribution in [-0.2, 0) is 14.4 Å². The predicted octanol–water partition coefficient (Wildman–Crippen LogP) is 2.78. The largest absolute Gasteiger partial charge is 0.391 e. The number of benzodiazepines with no additional fused rings is 1. The van der Waals surface area contributed by atoms with Gasteiger partial charge in [0.25, 0.3) is 5.91 Å². The Morgan fingerprint density at radius 1 is 1.05 bits per heavy atom. The number of morpholine rings is 1. The maximum absolute atomic E-state index is 13.7. The van der Waals surface area contributed by atoms with E-state index in [1.165, 1.54) is 0 Å². The number of benzene rings is 3. The fourth-order valence-corrected chi connectivity index (χ4v) is 3.94. The highest BCUT2D eigenvalue weighted by atomic mass is 19.1. The number of ether oxygens (including phenoxy) is 1. The zero-order valence-electron chi connectivity index (χ0n) is 19.8. The number of rotatable bonds is 3. The van der Waals surface area contributed by atoms with Crippen molar-refractivity contribution in [3.05, 3.63) is 95.1 Å². The Labute approximate surface area is 212 Å². The van der Waals surface area contributed by atoms with Crippen LogP contribution < -0.4 is 21.8 Å². The smallest absolute Gasteiger partial charge is 0.263 e. The lowest BCUT2D eigenvalue weighted by Gasteiger charge is -2.29. The molecule has 1 saturated heterocycles. The number of hydrogen-bond acceptors (Lipinski definition) is 8. The predicted molar refractivity (Wildman–Crippen MR) is 137 cm³/mol. The number of amides is 1. The summed E-state index contributed by atoms with van der Waals surface area (Å²) in [5.74, 6) is 1.97. The van der Waals surface area contributed by atoms with Gasteiger partial charge in [0.05, 0.1) is 24.6 Å². The van der Waals surface area contributed by atoms with Crippen molar-refractivity contribution in [2.24, 2.45) is 16.6 Å². The maximum atomic E-state index is 13.7. The number of nitrogens with one attached hydrogen (secondary N) is 2. The number of halogens is 2. The Morgan fingerprint density at radius 3 is 2.32 bits per heavy atom. The zero-order valence-corrected chi connectivity index (χ0v) is 19.8. The van der Waals surface area contributed by atoms with Gasteiger partial charge >= 0.3 is 0 Å². The van der Waals surface area contributed by atoms with E-state index in [0.29, 0.717) is 32.0 Å². The van der Waals surface area contributed by atoms with Crippen LogP contribution in [0.5, 0.6) is 0 Å². The topological polar surface area (TPSA) is 139 Å². The van der Waals surface area contributed by atoms with E-state index >= 15 is 0 Å². The van der Waals surface area contributed by atoms with Crippen molar-refractivity contribution in [1.29, 1.82) is 5.41 Å². The number of carbonyl (C=O) groups excluding carboxylic acids is 1. The molecule has 2 aliphatic heterocycles. The van der Waals surface area contributed by atoms with Gasteiger partial charge in [-0.1, -0.05) is 48.5 Å². The monoisotopic (exact) mass is 508 g/mol. The number of nitrogens with two attached hydrogens (primary N) is 2. The summed E-state index contributed by atoms with van der Waals surface area (Å²) in [6.07, 6.45) is -0.886. The fourth-order valence-electron chi connectivity index (χ4n) is 3.94. The van der Waals surface area contributed by atoms with Crippen molar-refractivity contribution >= 4 is 28.9 Å². The first-order valence-electron chi connectivity index (χ1n) is 11.5. The van der Waals surface area contributed by atoms with Crippen molar-refractivity contribution in [3.63, 3.8) is 0 Å². The molecule has 6 N–H and O–H groups in total. The van der Waals surface area contributed by atoms with Crippen LogP contribution >= 0.6 is 0 Å². The number of anilines is 2. The number of aliphatic imine (C=N–C) groups is 1. The van der Waals surface area contributed by atoms with E-state index < -0.39 is 29.3 Å². The number of hydrogen-bond donors (Lipinski definition) is 4. The molecule has 0 saturated carbocycles. The number of nitrogens with zero attached hydrogens (tertiary/aromatic N) is 2. The average molecular weight is 509 g/mol. The van der Waals surface area contributed by atoms with E-state index in [4.69, 9.17) is 21.8 Å². The summed E-state index contributed by atoms with van der Waals surface area (Å²) in [5, 5.41) is 10.0. The molecule has 0 radical (unpaired) electrons. The first-order chi connectivity index (χ1) is 17.9. The molecular formula is C26H26F2N6O3. The number of carbonyl (C=O) groups is 1. The number of para-hydroxylation sites is 1. The molecule has 0 aliphatic carbocycles. The minimum Gasteiger partial charge on any atom is -0.391 e. The normalized spacial score (nSPS) is 16.9. The van der Waals surface area contributed by atoms with Crippen molar-refractivity contribution in [3.8, 4) is 0 Å². The summed E-state index contributed by atoms with van der Waals surface area (Å²) in [6, 6.07) is 19.6. The van der Waals surface area contributed by atoms with E-state index in [1.807, 2.05) is 59.5 Å². The van der Waals surface area contributed by atoms with Crippen molar-refractivity contribution < 1.29 is 23.1 Å². The average Bonchev–Trinajstić information content (AvgIpc) is 3.05. The number of fused-ring (bicyclic) bond motifs is 1. The Hall–Kier alpha value is -4.19. The molecule has 3 aromatic carbocycles. The van der Waals surface area contributed by atoms with Crippen molar-refractivity contribution in [2.75, 3.05) is 36.5 Å². The molecule has 1 unspecified atom stereocenters. The molecule has 2 heterocycles. The molecule has 9 nitrogen and oxygen atoms in total. The van der Waals surface area contributed by atoms with Gasteiger partial charge < -0.3 is 25.5 Å². The Balaban J connectivity index is 0.000000173. The lowest BCUT2D eigenvalue weighted by molar-refractivity contribution is -0.117.